The molecule has 1 saturated carbocycles. The minimum absolute atomic E-state index is 0.0224. The second kappa shape index (κ2) is 11.0. The summed E-state index contributed by atoms with van der Waals surface area (Å²) >= 11 is 0. The van der Waals surface area contributed by atoms with E-state index in [1.165, 1.54) is 12.5 Å². The maximum Gasteiger partial charge on any atom is 0.254 e. The fraction of sp³-hybridized carbons (Fsp3) is 0.387. The smallest absolute Gasteiger partial charge is 0.254 e. The predicted octanol–water partition coefficient (Wildman–Crippen LogP) is 4.61. The molecule has 1 unspecified atom stereocenters. The Hall–Kier alpha value is -4.67. The zero-order chi connectivity index (χ0) is 28.6. The van der Waals surface area contributed by atoms with Gasteiger partial charge in [-0.2, -0.15) is 14.6 Å². The Kier molecular flexibility index (Phi) is 6.85. The molecule has 2 aliphatic heterocycles. The van der Waals surface area contributed by atoms with Crippen LogP contribution in [0.5, 0.6) is 0 Å². The van der Waals surface area contributed by atoms with Crippen LogP contribution in [-0.2, 0) is 11.3 Å². The number of amides is 2. The van der Waals surface area contributed by atoms with Gasteiger partial charge < -0.3 is 20.4 Å². The number of carbonyl (C=O) groups is 2. The van der Waals surface area contributed by atoms with E-state index in [4.69, 9.17) is 10.1 Å². The lowest BCUT2D eigenvalue weighted by Gasteiger charge is -2.35. The Morgan fingerprint density at radius 1 is 1.07 bits per heavy atom. The second-order valence-electron chi connectivity index (χ2n) is 11.5. The lowest BCUT2D eigenvalue weighted by molar-refractivity contribution is -0.111. The number of aromatic amines is 1. The van der Waals surface area contributed by atoms with Crippen molar-refractivity contribution in [1.29, 1.82) is 0 Å². The number of pyridine rings is 1. The SMILES string of the molecule is C=CC(=O)Nc1ccc2c(c1)C(=O)N([C@H]1CCCC(Nc3nc4ccc(-c5cn[nH]c5)c(N5CCCCC5)n4n3)C1)C2. The van der Waals surface area contributed by atoms with Gasteiger partial charge in [0.2, 0.25) is 11.9 Å². The highest BCUT2D eigenvalue weighted by atomic mass is 16.2. The molecule has 0 spiro atoms. The topological polar surface area (TPSA) is 124 Å². The Balaban J connectivity index is 1.10. The van der Waals surface area contributed by atoms with Gasteiger partial charge in [-0.3, -0.25) is 14.7 Å². The molecular formula is C31H35N9O2. The van der Waals surface area contributed by atoms with E-state index in [0.29, 0.717) is 23.7 Å². The Labute approximate surface area is 244 Å². The number of aromatic nitrogens is 5. The number of benzene rings is 1. The van der Waals surface area contributed by atoms with Crippen molar-refractivity contribution in [3.05, 3.63) is 66.5 Å². The third-order valence-corrected chi connectivity index (χ3v) is 8.75. The lowest BCUT2D eigenvalue weighted by Crippen LogP contribution is -2.42. The first-order valence-corrected chi connectivity index (χ1v) is 14.8. The summed E-state index contributed by atoms with van der Waals surface area (Å²) in [4.78, 5) is 34.4. The standard InChI is InChI=1S/C31H35N9O2/c1-2-28(41)34-23-10-9-20-19-39(30(42)26(20)16-23)24-8-6-7-22(15-24)35-31-36-27-12-11-25(21-17-32-33-18-21)29(40(27)37-31)38-13-4-3-5-14-38/h2,9-12,16-18,22,24H,1,3-8,13-15,19H2,(H,32,33)(H,34,41)(H,35,37)/t22?,24-/m0/s1. The molecule has 216 valence electrons. The van der Waals surface area contributed by atoms with Gasteiger partial charge in [0.25, 0.3) is 5.91 Å². The number of carbonyl (C=O) groups excluding carboxylic acids is 2. The van der Waals surface area contributed by atoms with E-state index in [-0.39, 0.29) is 23.9 Å². The van der Waals surface area contributed by atoms with Crippen LogP contribution < -0.4 is 15.5 Å². The number of H-pyrrole nitrogens is 1. The molecule has 7 rings (SSSR count). The third-order valence-electron chi connectivity index (χ3n) is 8.75. The van der Waals surface area contributed by atoms with E-state index in [1.54, 1.807) is 6.07 Å². The van der Waals surface area contributed by atoms with Crippen molar-refractivity contribution >= 4 is 34.9 Å². The second-order valence-corrected chi connectivity index (χ2v) is 11.5. The van der Waals surface area contributed by atoms with Crippen LogP contribution in [0, 0.1) is 0 Å². The lowest BCUT2D eigenvalue weighted by atomic mass is 9.90. The number of nitrogens with one attached hydrogen (secondary N) is 3. The largest absolute Gasteiger partial charge is 0.356 e. The predicted molar refractivity (Wildman–Crippen MR) is 161 cm³/mol. The van der Waals surface area contributed by atoms with Crippen molar-refractivity contribution in [2.24, 2.45) is 0 Å². The van der Waals surface area contributed by atoms with Gasteiger partial charge in [0.05, 0.1) is 6.20 Å². The summed E-state index contributed by atoms with van der Waals surface area (Å²) in [5.41, 5.74) is 5.19. The maximum atomic E-state index is 13.4. The van der Waals surface area contributed by atoms with E-state index in [1.807, 2.05) is 40.0 Å². The van der Waals surface area contributed by atoms with Crippen LogP contribution in [-0.4, -0.2) is 66.7 Å². The highest BCUT2D eigenvalue weighted by Gasteiger charge is 2.36. The van der Waals surface area contributed by atoms with E-state index in [0.717, 1.165) is 79.8 Å². The Morgan fingerprint density at radius 3 is 2.76 bits per heavy atom. The van der Waals surface area contributed by atoms with Crippen molar-refractivity contribution in [3.8, 4) is 11.1 Å². The van der Waals surface area contributed by atoms with E-state index in [2.05, 4.69) is 38.4 Å². The number of piperidine rings is 1. The van der Waals surface area contributed by atoms with Gasteiger partial charge in [-0.05, 0) is 80.9 Å². The average molecular weight is 566 g/mol. The summed E-state index contributed by atoms with van der Waals surface area (Å²) in [5, 5.41) is 18.4. The van der Waals surface area contributed by atoms with Gasteiger partial charge in [-0.1, -0.05) is 12.6 Å². The summed E-state index contributed by atoms with van der Waals surface area (Å²) in [6.45, 7) is 6.07. The molecule has 2 amide bonds. The van der Waals surface area contributed by atoms with Crippen LogP contribution in [0.1, 0.15) is 60.9 Å². The molecule has 1 saturated heterocycles. The minimum Gasteiger partial charge on any atom is -0.356 e. The number of hydrogen-bond acceptors (Lipinski definition) is 7. The molecule has 2 fully saturated rings. The number of fused-ring (bicyclic) bond motifs is 2. The Bertz CT molecular complexity index is 1640. The summed E-state index contributed by atoms with van der Waals surface area (Å²) in [6.07, 6.45) is 12.4. The van der Waals surface area contributed by atoms with Crippen molar-refractivity contribution in [2.45, 2.75) is 63.6 Å². The molecule has 5 heterocycles. The highest BCUT2D eigenvalue weighted by molar-refractivity contribution is 6.02. The first-order chi connectivity index (χ1) is 20.6. The van der Waals surface area contributed by atoms with E-state index >= 15 is 0 Å². The van der Waals surface area contributed by atoms with Crippen LogP contribution in [0.2, 0.25) is 0 Å². The molecule has 3 aliphatic rings. The molecule has 11 nitrogen and oxygen atoms in total. The van der Waals surface area contributed by atoms with Crippen LogP contribution >= 0.6 is 0 Å². The fourth-order valence-electron chi connectivity index (χ4n) is 6.68. The van der Waals surface area contributed by atoms with Crippen molar-refractivity contribution in [1.82, 2.24) is 29.7 Å². The van der Waals surface area contributed by atoms with Gasteiger partial charge >= 0.3 is 0 Å². The first-order valence-electron chi connectivity index (χ1n) is 14.8. The molecule has 42 heavy (non-hydrogen) atoms. The molecule has 3 N–H and O–H groups in total. The number of hydrogen-bond donors (Lipinski definition) is 3. The third kappa shape index (κ3) is 4.88. The maximum absolute atomic E-state index is 13.4. The minimum atomic E-state index is -0.292. The van der Waals surface area contributed by atoms with Gasteiger partial charge in [0.15, 0.2) is 5.65 Å². The molecule has 3 aromatic heterocycles. The number of nitrogens with zero attached hydrogens (tertiary/aromatic N) is 6. The van der Waals surface area contributed by atoms with Gasteiger partial charge in [0, 0.05) is 60.3 Å². The van der Waals surface area contributed by atoms with Crippen molar-refractivity contribution in [2.75, 3.05) is 28.6 Å². The molecule has 1 aromatic carbocycles. The average Bonchev–Trinajstić information content (AvgIpc) is 3.76. The quantitative estimate of drug-likeness (QED) is 0.280. The molecule has 0 radical (unpaired) electrons. The Morgan fingerprint density at radius 2 is 1.95 bits per heavy atom. The highest BCUT2D eigenvalue weighted by Crippen LogP contribution is 2.35. The van der Waals surface area contributed by atoms with Crippen LogP contribution in [0.3, 0.4) is 0 Å². The van der Waals surface area contributed by atoms with Crippen molar-refractivity contribution < 1.29 is 9.59 Å². The molecule has 11 heteroatoms. The molecule has 2 atom stereocenters. The molecule has 1 aliphatic carbocycles. The van der Waals surface area contributed by atoms with E-state index in [9.17, 15) is 9.59 Å². The first kappa shape index (κ1) is 26.2. The normalized spacial score (nSPS) is 20.5. The van der Waals surface area contributed by atoms with Crippen LogP contribution in [0.15, 0.2) is 55.4 Å². The summed E-state index contributed by atoms with van der Waals surface area (Å²) < 4.78 is 1.97. The summed E-state index contributed by atoms with van der Waals surface area (Å²) in [5.74, 6) is 1.40. The monoisotopic (exact) mass is 565 g/mol. The van der Waals surface area contributed by atoms with Crippen molar-refractivity contribution in [3.63, 3.8) is 0 Å². The van der Waals surface area contributed by atoms with Gasteiger partial charge in [0.1, 0.15) is 5.82 Å². The summed E-state index contributed by atoms with van der Waals surface area (Å²) in [7, 11) is 0. The fourth-order valence-corrected chi connectivity index (χ4v) is 6.68. The number of rotatable bonds is 7. The van der Waals surface area contributed by atoms with Crippen LogP contribution in [0.4, 0.5) is 17.5 Å². The zero-order valence-corrected chi connectivity index (χ0v) is 23.6. The van der Waals surface area contributed by atoms with E-state index < -0.39 is 0 Å². The molecular weight excluding hydrogens is 530 g/mol. The van der Waals surface area contributed by atoms with Crippen LogP contribution in [0.25, 0.3) is 16.8 Å². The number of anilines is 3. The van der Waals surface area contributed by atoms with Gasteiger partial charge in [-0.25, -0.2) is 0 Å². The zero-order valence-electron chi connectivity index (χ0n) is 23.6. The molecule has 4 aromatic rings. The summed E-state index contributed by atoms with van der Waals surface area (Å²) in [6, 6.07) is 9.96. The molecule has 0 bridgehead atoms. The van der Waals surface area contributed by atoms with Gasteiger partial charge in [-0.15, -0.1) is 5.10 Å².